The predicted molar refractivity (Wildman–Crippen MR) is 226 cm³/mol. The van der Waals surface area contributed by atoms with Gasteiger partial charge in [-0.3, -0.25) is 19.9 Å². The fourth-order valence-electron chi connectivity index (χ4n) is 7.30. The van der Waals surface area contributed by atoms with Crippen LogP contribution >= 0.6 is 27.5 Å². The van der Waals surface area contributed by atoms with Crippen LogP contribution in [-0.2, 0) is 35.7 Å². The fraction of sp³-hybridized carbons (Fsp3) is 0.318. The summed E-state index contributed by atoms with van der Waals surface area (Å²) in [5, 5.41) is 38.3. The molecule has 0 bridgehead atoms. The summed E-state index contributed by atoms with van der Waals surface area (Å²) < 4.78 is 19.3. The Morgan fingerprint density at radius 3 is 2.57 bits per heavy atom. The van der Waals surface area contributed by atoms with E-state index < -0.39 is 18.1 Å². The summed E-state index contributed by atoms with van der Waals surface area (Å²) in [4.78, 5) is 37.1. The zero-order chi connectivity index (χ0) is 42.4. The van der Waals surface area contributed by atoms with E-state index in [1.807, 2.05) is 36.4 Å². The molecule has 310 valence electrons. The number of nitrogens with zero attached hydrogens (tertiary/aromatic N) is 4. The van der Waals surface area contributed by atoms with Gasteiger partial charge in [0.15, 0.2) is 0 Å². The van der Waals surface area contributed by atoms with Crippen molar-refractivity contribution >= 4 is 39.4 Å². The van der Waals surface area contributed by atoms with E-state index in [4.69, 9.17) is 30.8 Å². The summed E-state index contributed by atoms with van der Waals surface area (Å²) in [5.41, 5.74) is 6.51. The van der Waals surface area contributed by atoms with Crippen LogP contribution in [0.25, 0.3) is 22.4 Å². The Kier molecular flexibility index (Phi) is 13.3. The summed E-state index contributed by atoms with van der Waals surface area (Å²) in [5.74, 6) is -0.347. The number of aliphatic hydroxyl groups excluding tert-OH is 1. The number of aromatic nitrogens is 3. The zero-order valence-electron chi connectivity index (χ0n) is 32.9. The highest BCUT2D eigenvalue weighted by Gasteiger charge is 2.33. The van der Waals surface area contributed by atoms with Crippen molar-refractivity contribution in [1.82, 2.24) is 30.9 Å². The summed E-state index contributed by atoms with van der Waals surface area (Å²) >= 11 is 10.7. The molecule has 7 rings (SSSR count). The van der Waals surface area contributed by atoms with E-state index in [9.17, 15) is 25.1 Å². The normalized spacial score (nSPS) is 16.7. The number of rotatable bonds is 17. The van der Waals surface area contributed by atoms with Gasteiger partial charge in [-0.15, -0.1) is 0 Å². The number of halogens is 2. The van der Waals surface area contributed by atoms with Crippen LogP contribution < -0.4 is 30.2 Å². The predicted octanol–water partition coefficient (Wildman–Crippen LogP) is 6.44. The number of carbonyl (C=O) groups is 2. The van der Waals surface area contributed by atoms with Crippen LogP contribution in [0.2, 0.25) is 5.02 Å². The Labute approximate surface area is 360 Å². The molecule has 2 aromatic carbocycles. The maximum Gasteiger partial charge on any atom is 0.326 e. The summed E-state index contributed by atoms with van der Waals surface area (Å²) in [6, 6.07) is 21.6. The van der Waals surface area contributed by atoms with Crippen molar-refractivity contribution in [2.45, 2.75) is 70.0 Å². The Bertz CT molecular complexity index is 2470. The first-order chi connectivity index (χ1) is 29.0. The molecular weight excluding hydrogens is 854 g/mol. The molecule has 60 heavy (non-hydrogen) atoms. The molecule has 0 radical (unpaired) electrons. The number of carboxylic acid groups (broad SMARTS) is 1. The average Bonchev–Trinajstić information content (AvgIpc) is 3.88. The Hall–Kier alpha value is -5.63. The van der Waals surface area contributed by atoms with E-state index in [1.165, 1.54) is 13.1 Å². The van der Waals surface area contributed by atoms with Crippen molar-refractivity contribution < 1.29 is 34.0 Å². The number of nitriles is 1. The molecule has 16 heteroatoms. The molecule has 1 amide bonds. The number of methoxy groups -OCH3 is 1. The number of carboxylic acids is 1. The van der Waals surface area contributed by atoms with Crippen molar-refractivity contribution in [1.29, 1.82) is 5.26 Å². The molecule has 0 saturated carbocycles. The lowest BCUT2D eigenvalue weighted by molar-refractivity contribution is -0.146. The first kappa shape index (κ1) is 42.5. The molecule has 2 aliphatic rings. The molecule has 4 heterocycles. The number of benzene rings is 2. The Morgan fingerprint density at radius 1 is 1.02 bits per heavy atom. The highest BCUT2D eigenvalue weighted by Crippen LogP contribution is 2.45. The molecular formula is C44H43BrClN7O7. The number of aliphatic carboxylic acids is 1. The lowest BCUT2D eigenvalue weighted by atomic mass is 9.95. The highest BCUT2D eigenvalue weighted by atomic mass is 79.9. The average molecular weight is 897 g/mol. The van der Waals surface area contributed by atoms with Crippen molar-refractivity contribution in [3.63, 3.8) is 0 Å². The zero-order valence-corrected chi connectivity index (χ0v) is 35.3. The van der Waals surface area contributed by atoms with Crippen LogP contribution in [0.4, 0.5) is 0 Å². The number of carbonyl (C=O) groups excluding carboxylic acids is 1. The van der Waals surface area contributed by atoms with Crippen molar-refractivity contribution in [2.24, 2.45) is 0 Å². The van der Waals surface area contributed by atoms with Crippen LogP contribution in [0.1, 0.15) is 65.7 Å². The topological polar surface area (TPSA) is 201 Å². The number of aliphatic hydroxyl groups is 1. The quantitative estimate of drug-likeness (QED) is 0.0684. The van der Waals surface area contributed by atoms with Gasteiger partial charge in [0.05, 0.1) is 25.0 Å². The van der Waals surface area contributed by atoms with Gasteiger partial charge in [0.1, 0.15) is 29.3 Å². The Morgan fingerprint density at radius 2 is 1.82 bits per heavy atom. The smallest absolute Gasteiger partial charge is 0.326 e. The number of nitrogens with one attached hydrogen (secondary N) is 3. The van der Waals surface area contributed by atoms with Crippen LogP contribution in [0.15, 0.2) is 77.5 Å². The number of ether oxygens (including phenoxy) is 3. The van der Waals surface area contributed by atoms with Crippen LogP contribution in [0, 0.1) is 11.3 Å². The molecule has 1 fully saturated rings. The summed E-state index contributed by atoms with van der Waals surface area (Å²) in [6.45, 7) is 1.90. The molecule has 0 unspecified atom stereocenters. The second kappa shape index (κ2) is 18.7. The molecule has 14 nitrogen and oxygen atoms in total. The molecule has 3 aromatic heterocycles. The van der Waals surface area contributed by atoms with Crippen molar-refractivity contribution in [3.8, 4) is 46.1 Å². The molecule has 0 spiro atoms. The van der Waals surface area contributed by atoms with Gasteiger partial charge >= 0.3 is 5.97 Å². The molecule has 1 aliphatic carbocycles. The van der Waals surface area contributed by atoms with Gasteiger partial charge in [0, 0.05) is 71.2 Å². The molecule has 5 N–H and O–H groups in total. The van der Waals surface area contributed by atoms with Crippen molar-refractivity contribution in [3.05, 3.63) is 116 Å². The second-order valence-electron chi connectivity index (χ2n) is 14.9. The fourth-order valence-corrected chi connectivity index (χ4v) is 8.20. The number of hydrogen-bond acceptors (Lipinski definition) is 12. The molecule has 5 aromatic rings. The van der Waals surface area contributed by atoms with E-state index in [-0.39, 0.29) is 48.0 Å². The van der Waals surface area contributed by atoms with Crippen molar-refractivity contribution in [2.75, 3.05) is 20.3 Å². The largest absolute Gasteiger partial charge is 0.481 e. The number of hydrogen-bond donors (Lipinski definition) is 5. The van der Waals surface area contributed by atoms with E-state index in [0.717, 1.165) is 56.4 Å². The van der Waals surface area contributed by atoms with Crippen LogP contribution in [-0.4, -0.2) is 68.9 Å². The van der Waals surface area contributed by atoms with E-state index in [2.05, 4.69) is 60.1 Å². The number of fused-ring (bicyclic) bond motifs is 1. The van der Waals surface area contributed by atoms with Gasteiger partial charge in [-0.1, -0.05) is 54.1 Å². The maximum atomic E-state index is 11.9. The number of amides is 1. The van der Waals surface area contributed by atoms with Gasteiger partial charge in [0.2, 0.25) is 23.5 Å². The third kappa shape index (κ3) is 9.38. The molecule has 3 atom stereocenters. The number of pyridine rings is 3. The third-order valence-electron chi connectivity index (χ3n) is 10.7. The summed E-state index contributed by atoms with van der Waals surface area (Å²) in [6.07, 6.45) is 5.40. The third-order valence-corrected chi connectivity index (χ3v) is 11.8. The Balaban J connectivity index is 1.12. The van der Waals surface area contributed by atoms with E-state index >= 15 is 0 Å². The minimum absolute atomic E-state index is 0.00929. The second-order valence-corrected chi connectivity index (χ2v) is 16.1. The standard InChI is InChI=1S/C44H43BrClN7O7/c1-44(24-54,43(56)57)50-21-28-16-35(46)42(53-41(28)59-23-26-15-25(17-47)18-48-19-26)60-37-13-11-31-30(5-3-6-32(31)37)33-7-4-8-34(39(33)45)36-12-9-27(40(52-36)58-2)20-49-22-29-10-14-38(55)51-29/h3-9,12,15-16,18-19,29,37,49-50,54H,10-11,13-14,20-24H2,1-2H3,(H,51,55)(H,56,57)/t29-,37-,44-/m0/s1. The first-order valence-corrected chi connectivity index (χ1v) is 20.5. The van der Waals surface area contributed by atoms with Gasteiger partial charge in [0.25, 0.3) is 0 Å². The summed E-state index contributed by atoms with van der Waals surface area (Å²) in [7, 11) is 1.61. The van der Waals surface area contributed by atoms with Gasteiger partial charge < -0.3 is 35.1 Å². The van der Waals surface area contributed by atoms with E-state index in [1.54, 1.807) is 25.4 Å². The molecule has 1 aliphatic heterocycles. The minimum Gasteiger partial charge on any atom is -0.481 e. The minimum atomic E-state index is -1.63. The monoisotopic (exact) mass is 895 g/mol. The molecule has 1 saturated heterocycles. The SMILES string of the molecule is COc1nc(-c2cccc(-c3cccc4c3CC[C@@H]4Oc3nc(OCc4cncc(C#N)c4)c(CN[C@@](C)(CO)C(=O)O)cc3Cl)c2Br)ccc1CNC[C@@H]1CCC(=O)N1. The van der Waals surface area contributed by atoms with E-state index in [0.29, 0.717) is 48.5 Å². The highest BCUT2D eigenvalue weighted by molar-refractivity contribution is 9.10. The maximum absolute atomic E-state index is 11.9. The van der Waals surface area contributed by atoms with Gasteiger partial charge in [-0.2, -0.15) is 10.2 Å². The first-order valence-electron chi connectivity index (χ1n) is 19.4. The lowest BCUT2D eigenvalue weighted by Crippen LogP contribution is -2.52. The van der Waals surface area contributed by atoms with Crippen LogP contribution in [0.3, 0.4) is 0 Å². The lowest BCUT2D eigenvalue weighted by Gasteiger charge is -2.24. The van der Waals surface area contributed by atoms with Gasteiger partial charge in [-0.05, 0) is 82.6 Å². The van der Waals surface area contributed by atoms with Crippen LogP contribution in [0.5, 0.6) is 17.6 Å². The van der Waals surface area contributed by atoms with Gasteiger partial charge in [-0.25, -0.2) is 4.98 Å².